The van der Waals surface area contributed by atoms with Crippen LogP contribution in [0.2, 0.25) is 0 Å². The van der Waals surface area contributed by atoms with Crippen LogP contribution in [0.3, 0.4) is 0 Å². The molecule has 0 bridgehead atoms. The molecule has 0 saturated carbocycles. The zero-order valence-electron chi connectivity index (χ0n) is 18.7. The minimum Gasteiger partial charge on any atom is -0.345 e. The Morgan fingerprint density at radius 3 is 2.21 bits per heavy atom. The Morgan fingerprint density at radius 2 is 1.39 bits per heavy atom. The minimum absolute atomic E-state index is 0.268. The number of aromatic nitrogens is 1. The second-order valence-corrected chi connectivity index (χ2v) is 8.68. The predicted molar refractivity (Wildman–Crippen MR) is 141 cm³/mol. The molecule has 1 heterocycles. The Labute approximate surface area is 194 Å². The van der Waals surface area contributed by atoms with E-state index in [1.165, 1.54) is 44.3 Å². The molecular weight excluding hydrogens is 400 g/mol. The van der Waals surface area contributed by atoms with E-state index >= 15 is 0 Å². The second kappa shape index (κ2) is 8.14. The third-order valence-corrected chi connectivity index (χ3v) is 6.71. The van der Waals surface area contributed by atoms with Crippen molar-refractivity contribution in [3.05, 3.63) is 127 Å². The van der Waals surface area contributed by atoms with Crippen LogP contribution >= 0.6 is 0 Å². The number of hydrogen-bond acceptors (Lipinski definition) is 1. The van der Waals surface area contributed by atoms with Gasteiger partial charge >= 0.3 is 0 Å². The van der Waals surface area contributed by atoms with Gasteiger partial charge in [-0.25, -0.2) is 0 Å². The SMILES string of the molecule is CN(c1ccccc1)c1ccc2c3ccccc3n(C3C=C(c4ccccc4)C=CC3)c2c1. The number of hydrogen-bond donors (Lipinski definition) is 0. The molecule has 0 radical (unpaired) electrons. The van der Waals surface area contributed by atoms with Crippen LogP contribution < -0.4 is 4.90 Å². The van der Waals surface area contributed by atoms with E-state index in [0.29, 0.717) is 0 Å². The molecule has 2 nitrogen and oxygen atoms in total. The van der Waals surface area contributed by atoms with Gasteiger partial charge in [-0.1, -0.05) is 91.0 Å². The molecule has 0 N–H and O–H groups in total. The first-order valence-corrected chi connectivity index (χ1v) is 11.5. The molecule has 0 saturated heterocycles. The molecule has 1 aliphatic rings. The first-order chi connectivity index (χ1) is 16.3. The predicted octanol–water partition coefficient (Wildman–Crippen LogP) is 8.15. The lowest BCUT2D eigenvalue weighted by Gasteiger charge is -2.23. The Hall–Kier alpha value is -4.04. The van der Waals surface area contributed by atoms with Gasteiger partial charge in [-0.15, -0.1) is 0 Å². The fourth-order valence-corrected chi connectivity index (χ4v) is 5.02. The fraction of sp³-hybridized carbons (Fsp3) is 0.0968. The van der Waals surface area contributed by atoms with Gasteiger partial charge < -0.3 is 9.47 Å². The van der Waals surface area contributed by atoms with Gasteiger partial charge in [0, 0.05) is 34.7 Å². The second-order valence-electron chi connectivity index (χ2n) is 8.68. The summed E-state index contributed by atoms with van der Waals surface area (Å²) in [4.78, 5) is 2.26. The molecule has 160 valence electrons. The summed E-state index contributed by atoms with van der Waals surface area (Å²) in [7, 11) is 2.14. The van der Waals surface area contributed by atoms with Crippen molar-refractivity contribution >= 4 is 38.8 Å². The summed E-state index contributed by atoms with van der Waals surface area (Å²) >= 11 is 0. The highest BCUT2D eigenvalue weighted by Crippen LogP contribution is 2.38. The van der Waals surface area contributed by atoms with Crippen LogP contribution in [-0.4, -0.2) is 11.6 Å². The van der Waals surface area contributed by atoms with E-state index in [4.69, 9.17) is 0 Å². The van der Waals surface area contributed by atoms with E-state index in [2.05, 4.69) is 138 Å². The van der Waals surface area contributed by atoms with Gasteiger partial charge in [-0.2, -0.15) is 0 Å². The Morgan fingerprint density at radius 1 is 0.697 bits per heavy atom. The van der Waals surface area contributed by atoms with Gasteiger partial charge in [0.05, 0.1) is 11.6 Å². The van der Waals surface area contributed by atoms with Crippen molar-refractivity contribution in [1.82, 2.24) is 4.57 Å². The number of para-hydroxylation sites is 2. The molecule has 1 unspecified atom stereocenters. The summed E-state index contributed by atoms with van der Waals surface area (Å²) in [5, 5.41) is 2.62. The van der Waals surface area contributed by atoms with Crippen LogP contribution in [0.1, 0.15) is 18.0 Å². The maximum absolute atomic E-state index is 2.53. The number of rotatable bonds is 4. The molecule has 0 amide bonds. The molecule has 6 rings (SSSR count). The van der Waals surface area contributed by atoms with E-state index in [-0.39, 0.29) is 6.04 Å². The lowest BCUT2D eigenvalue weighted by atomic mass is 9.96. The van der Waals surface area contributed by atoms with Crippen LogP contribution in [-0.2, 0) is 0 Å². The molecule has 0 aliphatic heterocycles. The maximum Gasteiger partial charge on any atom is 0.0566 e. The van der Waals surface area contributed by atoms with Crippen molar-refractivity contribution in [2.24, 2.45) is 0 Å². The van der Waals surface area contributed by atoms with Gasteiger partial charge in [-0.3, -0.25) is 0 Å². The quantitative estimate of drug-likeness (QED) is 0.281. The Balaban J connectivity index is 1.53. The fourth-order valence-electron chi connectivity index (χ4n) is 5.02. The molecule has 1 aromatic heterocycles. The molecule has 1 atom stereocenters. The number of anilines is 2. The average Bonchev–Trinajstić information content (AvgIpc) is 3.23. The summed E-state index contributed by atoms with van der Waals surface area (Å²) in [5.41, 5.74) is 7.50. The monoisotopic (exact) mass is 426 g/mol. The lowest BCUT2D eigenvalue weighted by Crippen LogP contribution is -2.11. The van der Waals surface area contributed by atoms with Crippen molar-refractivity contribution in [2.45, 2.75) is 12.5 Å². The van der Waals surface area contributed by atoms with Crippen molar-refractivity contribution in [3.63, 3.8) is 0 Å². The number of allylic oxidation sites excluding steroid dienone is 4. The maximum atomic E-state index is 2.53. The van der Waals surface area contributed by atoms with Gasteiger partial charge in [-0.05, 0) is 47.9 Å². The smallest absolute Gasteiger partial charge is 0.0566 e. The topological polar surface area (TPSA) is 8.17 Å². The van der Waals surface area contributed by atoms with Crippen LogP contribution in [0.5, 0.6) is 0 Å². The van der Waals surface area contributed by atoms with Crippen LogP contribution in [0.4, 0.5) is 11.4 Å². The lowest BCUT2D eigenvalue weighted by molar-refractivity contribution is 0.650. The standard InChI is InChI=1S/C31H26N2/c1-32(25-14-6-3-7-15-25)26-19-20-29-28-17-8-9-18-30(28)33(31(29)22-26)27-16-10-13-24(21-27)23-11-4-2-5-12-23/h2-15,17-22,27H,16H2,1H3. The zero-order valence-corrected chi connectivity index (χ0v) is 18.7. The number of nitrogens with zero attached hydrogens (tertiary/aromatic N) is 2. The summed E-state index contributed by atoms with van der Waals surface area (Å²) in [5.74, 6) is 0. The summed E-state index contributed by atoms with van der Waals surface area (Å²) in [6.45, 7) is 0. The zero-order chi connectivity index (χ0) is 22.2. The van der Waals surface area contributed by atoms with Crippen molar-refractivity contribution in [1.29, 1.82) is 0 Å². The van der Waals surface area contributed by atoms with Crippen molar-refractivity contribution < 1.29 is 0 Å². The van der Waals surface area contributed by atoms with E-state index in [9.17, 15) is 0 Å². The Kier molecular flexibility index (Phi) is 4.84. The van der Waals surface area contributed by atoms with Crippen LogP contribution in [0.25, 0.3) is 27.4 Å². The summed E-state index contributed by atoms with van der Waals surface area (Å²) < 4.78 is 2.53. The molecular formula is C31H26N2. The third kappa shape index (κ3) is 3.44. The van der Waals surface area contributed by atoms with E-state index in [1.807, 2.05) is 0 Å². The largest absolute Gasteiger partial charge is 0.345 e. The van der Waals surface area contributed by atoms with E-state index in [0.717, 1.165) is 6.42 Å². The normalized spacial score (nSPS) is 15.7. The average molecular weight is 427 g/mol. The first kappa shape index (κ1) is 19.6. The molecule has 5 aromatic rings. The highest BCUT2D eigenvalue weighted by Gasteiger charge is 2.19. The van der Waals surface area contributed by atoms with Crippen molar-refractivity contribution in [3.8, 4) is 0 Å². The van der Waals surface area contributed by atoms with E-state index in [1.54, 1.807) is 0 Å². The third-order valence-electron chi connectivity index (χ3n) is 6.71. The van der Waals surface area contributed by atoms with Crippen LogP contribution in [0, 0.1) is 0 Å². The van der Waals surface area contributed by atoms with Gasteiger partial charge in [0.25, 0.3) is 0 Å². The first-order valence-electron chi connectivity index (χ1n) is 11.5. The summed E-state index contributed by atoms with van der Waals surface area (Å²) in [6.07, 6.45) is 7.99. The molecule has 1 aliphatic carbocycles. The molecule has 4 aromatic carbocycles. The molecule has 0 fully saturated rings. The highest BCUT2D eigenvalue weighted by atomic mass is 15.1. The minimum atomic E-state index is 0.268. The van der Waals surface area contributed by atoms with E-state index < -0.39 is 0 Å². The van der Waals surface area contributed by atoms with Gasteiger partial charge in [0.1, 0.15) is 0 Å². The number of fused-ring (bicyclic) bond motifs is 3. The molecule has 2 heteroatoms. The molecule has 0 spiro atoms. The number of benzene rings is 4. The van der Waals surface area contributed by atoms with Crippen LogP contribution in [0.15, 0.2) is 121 Å². The van der Waals surface area contributed by atoms with Crippen molar-refractivity contribution in [2.75, 3.05) is 11.9 Å². The summed E-state index contributed by atoms with van der Waals surface area (Å²) in [6, 6.07) is 37.1. The van der Waals surface area contributed by atoms with Gasteiger partial charge in [0.15, 0.2) is 0 Å². The Bertz CT molecular complexity index is 1490. The highest BCUT2D eigenvalue weighted by molar-refractivity contribution is 6.09. The molecule has 33 heavy (non-hydrogen) atoms. The van der Waals surface area contributed by atoms with Gasteiger partial charge in [0.2, 0.25) is 0 Å².